The molecule has 1 saturated carbocycles. The minimum absolute atomic E-state index is 0.149. The number of hydrogen-bond acceptors (Lipinski definition) is 2. The van der Waals surface area contributed by atoms with Gasteiger partial charge in [-0.25, -0.2) is 0 Å². The summed E-state index contributed by atoms with van der Waals surface area (Å²) >= 11 is 9.43. The summed E-state index contributed by atoms with van der Waals surface area (Å²) in [5, 5.41) is 3.19. The monoisotopic (exact) mass is 476 g/mol. The largest absolute Gasteiger partial charge is 0.351 e. The van der Waals surface area contributed by atoms with E-state index in [0.717, 1.165) is 41.3 Å². The Hall–Kier alpha value is -1.85. The number of carbonyl (C=O) groups is 2. The fourth-order valence-electron chi connectivity index (χ4n) is 3.86. The number of nitrogens with one attached hydrogen (secondary N) is 1. The molecule has 0 bridgehead atoms. The molecule has 0 unspecified atom stereocenters. The molecular weight excluding hydrogens is 452 g/mol. The molecule has 0 aliphatic heterocycles. The molecule has 0 heterocycles. The molecule has 0 spiro atoms. The Morgan fingerprint density at radius 3 is 2.45 bits per heavy atom. The van der Waals surface area contributed by atoms with Crippen LogP contribution in [0.4, 0.5) is 0 Å². The average molecular weight is 478 g/mol. The Kier molecular flexibility index (Phi) is 8.13. The van der Waals surface area contributed by atoms with E-state index in [1.54, 1.807) is 4.90 Å². The third-order valence-electron chi connectivity index (χ3n) is 5.31. The van der Waals surface area contributed by atoms with E-state index in [4.69, 9.17) is 11.6 Å². The molecular formula is C23H26BrClN2O2. The second-order valence-corrected chi connectivity index (χ2v) is 8.62. The molecule has 0 saturated heterocycles. The van der Waals surface area contributed by atoms with Gasteiger partial charge in [-0.15, -0.1) is 11.6 Å². The van der Waals surface area contributed by atoms with Gasteiger partial charge in [0.1, 0.15) is 11.9 Å². The van der Waals surface area contributed by atoms with E-state index in [9.17, 15) is 9.59 Å². The number of amides is 2. The Balaban J connectivity index is 1.93. The van der Waals surface area contributed by atoms with Crippen LogP contribution in [0.25, 0.3) is 0 Å². The van der Waals surface area contributed by atoms with Gasteiger partial charge < -0.3 is 10.2 Å². The molecule has 154 valence electrons. The summed E-state index contributed by atoms with van der Waals surface area (Å²) in [6.45, 7) is 0.321. The SMILES string of the molecule is O=C(NC1CCCCC1)[C@H](c1cccc(Br)c1)N(Cc1ccccc1)C(=O)CCl. The molecule has 4 nitrogen and oxygen atoms in total. The van der Waals surface area contributed by atoms with Gasteiger partial charge in [0.05, 0.1) is 0 Å². The maximum absolute atomic E-state index is 13.4. The molecule has 1 aliphatic rings. The molecule has 3 rings (SSSR count). The van der Waals surface area contributed by atoms with Crippen LogP contribution in [0.15, 0.2) is 59.1 Å². The molecule has 2 amide bonds. The van der Waals surface area contributed by atoms with Crippen molar-refractivity contribution in [1.82, 2.24) is 10.2 Å². The van der Waals surface area contributed by atoms with E-state index < -0.39 is 6.04 Å². The first-order chi connectivity index (χ1) is 14.1. The zero-order valence-electron chi connectivity index (χ0n) is 16.3. The van der Waals surface area contributed by atoms with Gasteiger partial charge in [0.15, 0.2) is 0 Å². The van der Waals surface area contributed by atoms with Crippen LogP contribution in [0.1, 0.15) is 49.3 Å². The van der Waals surface area contributed by atoms with E-state index in [1.165, 1.54) is 6.42 Å². The van der Waals surface area contributed by atoms with Gasteiger partial charge in [-0.3, -0.25) is 9.59 Å². The highest BCUT2D eigenvalue weighted by Gasteiger charge is 2.32. The maximum atomic E-state index is 13.4. The topological polar surface area (TPSA) is 49.4 Å². The molecule has 6 heteroatoms. The van der Waals surface area contributed by atoms with Crippen LogP contribution in [0.3, 0.4) is 0 Å². The maximum Gasteiger partial charge on any atom is 0.247 e. The number of benzene rings is 2. The van der Waals surface area contributed by atoms with Crippen molar-refractivity contribution in [1.29, 1.82) is 0 Å². The lowest BCUT2D eigenvalue weighted by atomic mass is 9.94. The van der Waals surface area contributed by atoms with Gasteiger partial charge in [-0.1, -0.05) is 77.7 Å². The lowest BCUT2D eigenvalue weighted by Crippen LogP contribution is -2.47. The first kappa shape index (κ1) is 21.8. The van der Waals surface area contributed by atoms with Crippen molar-refractivity contribution in [2.75, 3.05) is 5.88 Å². The predicted molar refractivity (Wildman–Crippen MR) is 120 cm³/mol. The third-order valence-corrected chi connectivity index (χ3v) is 6.03. The smallest absolute Gasteiger partial charge is 0.247 e. The lowest BCUT2D eigenvalue weighted by Gasteiger charge is -2.33. The van der Waals surface area contributed by atoms with Gasteiger partial charge in [0.2, 0.25) is 11.8 Å². The average Bonchev–Trinajstić information content (AvgIpc) is 2.74. The van der Waals surface area contributed by atoms with Crippen molar-refractivity contribution in [3.8, 4) is 0 Å². The van der Waals surface area contributed by atoms with E-state index in [1.807, 2.05) is 54.6 Å². The van der Waals surface area contributed by atoms with Gasteiger partial charge in [0.25, 0.3) is 0 Å². The first-order valence-corrected chi connectivity index (χ1v) is 11.4. The standard InChI is InChI=1S/C23H26BrClN2O2/c24-19-11-7-10-18(14-19)22(23(29)26-20-12-5-2-6-13-20)27(21(28)15-25)16-17-8-3-1-4-9-17/h1,3-4,7-11,14,20,22H,2,5-6,12-13,15-16H2,(H,26,29)/t22-/m0/s1. The highest BCUT2D eigenvalue weighted by atomic mass is 79.9. The number of hydrogen-bond donors (Lipinski definition) is 1. The number of rotatable bonds is 7. The minimum atomic E-state index is -0.735. The minimum Gasteiger partial charge on any atom is -0.351 e. The van der Waals surface area contributed by atoms with E-state index in [-0.39, 0.29) is 23.7 Å². The molecule has 1 atom stereocenters. The number of alkyl halides is 1. The molecule has 0 aromatic heterocycles. The predicted octanol–water partition coefficient (Wildman–Crippen LogP) is 5.21. The molecule has 1 fully saturated rings. The van der Waals surface area contributed by atoms with Crippen molar-refractivity contribution in [3.63, 3.8) is 0 Å². The van der Waals surface area contributed by atoms with Crippen LogP contribution >= 0.6 is 27.5 Å². The van der Waals surface area contributed by atoms with E-state index in [0.29, 0.717) is 6.54 Å². The molecule has 29 heavy (non-hydrogen) atoms. The second-order valence-electron chi connectivity index (χ2n) is 7.44. The fourth-order valence-corrected chi connectivity index (χ4v) is 4.43. The van der Waals surface area contributed by atoms with Gasteiger partial charge in [-0.2, -0.15) is 0 Å². The fraction of sp³-hybridized carbons (Fsp3) is 0.391. The summed E-state index contributed by atoms with van der Waals surface area (Å²) in [6.07, 6.45) is 5.44. The number of nitrogens with zero attached hydrogens (tertiary/aromatic N) is 1. The van der Waals surface area contributed by atoms with Crippen LogP contribution in [-0.4, -0.2) is 28.6 Å². The summed E-state index contributed by atoms with van der Waals surface area (Å²) < 4.78 is 0.864. The van der Waals surface area contributed by atoms with Gasteiger partial charge in [0, 0.05) is 17.1 Å². The van der Waals surface area contributed by atoms with Crippen molar-refractivity contribution in [3.05, 3.63) is 70.2 Å². The van der Waals surface area contributed by atoms with E-state index >= 15 is 0 Å². The Labute approximate surface area is 185 Å². The van der Waals surface area contributed by atoms with Crippen LogP contribution in [0.5, 0.6) is 0 Å². The van der Waals surface area contributed by atoms with Crippen LogP contribution in [0.2, 0.25) is 0 Å². The summed E-state index contributed by atoms with van der Waals surface area (Å²) in [7, 11) is 0. The number of carbonyl (C=O) groups excluding carboxylic acids is 2. The molecule has 2 aromatic rings. The van der Waals surface area contributed by atoms with Crippen molar-refractivity contribution in [2.24, 2.45) is 0 Å². The summed E-state index contributed by atoms with van der Waals surface area (Å²) in [5.74, 6) is -0.586. The van der Waals surface area contributed by atoms with E-state index in [2.05, 4.69) is 21.2 Å². The van der Waals surface area contributed by atoms with Gasteiger partial charge in [-0.05, 0) is 36.1 Å². The number of halogens is 2. The summed E-state index contributed by atoms with van der Waals surface area (Å²) in [5.41, 5.74) is 1.72. The molecule has 0 radical (unpaired) electrons. The van der Waals surface area contributed by atoms with Crippen molar-refractivity contribution in [2.45, 2.75) is 50.7 Å². The molecule has 1 N–H and O–H groups in total. The summed E-state index contributed by atoms with van der Waals surface area (Å²) in [4.78, 5) is 27.8. The lowest BCUT2D eigenvalue weighted by molar-refractivity contribution is -0.140. The second kappa shape index (κ2) is 10.8. The quantitative estimate of drug-likeness (QED) is 0.557. The van der Waals surface area contributed by atoms with Crippen LogP contribution in [0, 0.1) is 0 Å². The summed E-state index contributed by atoms with van der Waals surface area (Å²) in [6, 6.07) is 16.7. The van der Waals surface area contributed by atoms with Crippen molar-refractivity contribution >= 4 is 39.3 Å². The normalized spacial score (nSPS) is 15.5. The third kappa shape index (κ3) is 6.06. The zero-order valence-corrected chi connectivity index (χ0v) is 18.7. The van der Waals surface area contributed by atoms with Gasteiger partial charge >= 0.3 is 0 Å². The first-order valence-electron chi connectivity index (χ1n) is 10.0. The Morgan fingerprint density at radius 1 is 1.07 bits per heavy atom. The Bertz CT molecular complexity index is 825. The highest BCUT2D eigenvalue weighted by Crippen LogP contribution is 2.27. The zero-order chi connectivity index (χ0) is 20.6. The molecule has 1 aliphatic carbocycles. The Morgan fingerprint density at radius 2 is 1.79 bits per heavy atom. The van der Waals surface area contributed by atoms with Crippen molar-refractivity contribution < 1.29 is 9.59 Å². The van der Waals surface area contributed by atoms with Crippen LogP contribution < -0.4 is 5.32 Å². The molecule has 2 aromatic carbocycles. The highest BCUT2D eigenvalue weighted by molar-refractivity contribution is 9.10. The van der Waals surface area contributed by atoms with Crippen LogP contribution in [-0.2, 0) is 16.1 Å².